The van der Waals surface area contributed by atoms with E-state index in [9.17, 15) is 0 Å². The summed E-state index contributed by atoms with van der Waals surface area (Å²) in [4.78, 5) is 0. The Morgan fingerprint density at radius 1 is 1.50 bits per heavy atom. The van der Waals surface area contributed by atoms with Crippen LogP contribution in [0, 0.1) is 12.0 Å². The quantitative estimate of drug-likeness (QED) is 0.270. The fourth-order valence-corrected chi connectivity index (χ4v) is 2.27. The highest BCUT2D eigenvalue weighted by Gasteiger charge is 2.22. The third-order valence-corrected chi connectivity index (χ3v) is 3.74. The first-order chi connectivity index (χ1) is 6.55. The summed E-state index contributed by atoms with van der Waals surface area (Å²) in [6.07, 6.45) is 12.2. The predicted octanol–water partition coefficient (Wildman–Crippen LogP) is 3.52. The molecule has 1 unspecified atom stereocenters. The lowest BCUT2D eigenvalue weighted by atomic mass is 10.1. The van der Waals surface area contributed by atoms with Gasteiger partial charge in [-0.3, -0.25) is 0 Å². The predicted molar refractivity (Wildman–Crippen MR) is 65.5 cm³/mol. The Bertz CT molecular complexity index is 203. The average molecular weight is 210 g/mol. The summed E-state index contributed by atoms with van der Waals surface area (Å²) < 4.78 is 5.87. The molecule has 0 saturated heterocycles. The summed E-state index contributed by atoms with van der Waals surface area (Å²) in [5.74, 6) is 0. The molecule has 0 rings (SSSR count). The van der Waals surface area contributed by atoms with Crippen molar-refractivity contribution >= 4 is 8.32 Å². The standard InChI is InChI=1S/C12H22OSi/c1-6-9-10-11-12(7-2)13-14(4,5)8-3/h3,7,12H,2,6,9-11H2,1,4-5H3. The van der Waals surface area contributed by atoms with Crippen molar-refractivity contribution in [2.45, 2.75) is 51.8 Å². The Morgan fingerprint density at radius 2 is 2.14 bits per heavy atom. The molecular weight excluding hydrogens is 188 g/mol. The monoisotopic (exact) mass is 210 g/mol. The highest BCUT2D eigenvalue weighted by atomic mass is 28.4. The van der Waals surface area contributed by atoms with Crippen molar-refractivity contribution in [3.05, 3.63) is 12.7 Å². The second kappa shape index (κ2) is 6.86. The molecule has 0 bridgehead atoms. The smallest absolute Gasteiger partial charge is 0.266 e. The summed E-state index contributed by atoms with van der Waals surface area (Å²) in [6, 6.07) is 0. The van der Waals surface area contributed by atoms with E-state index in [1.807, 2.05) is 19.2 Å². The molecule has 0 aliphatic rings. The van der Waals surface area contributed by atoms with Crippen LogP contribution in [0.25, 0.3) is 0 Å². The van der Waals surface area contributed by atoms with Crippen LogP contribution < -0.4 is 0 Å². The fourth-order valence-electron chi connectivity index (χ4n) is 1.23. The van der Waals surface area contributed by atoms with Crippen LogP contribution in [-0.4, -0.2) is 14.4 Å². The van der Waals surface area contributed by atoms with Crippen molar-refractivity contribution in [1.82, 2.24) is 0 Å². The van der Waals surface area contributed by atoms with E-state index in [1.54, 1.807) is 0 Å². The van der Waals surface area contributed by atoms with Crippen molar-refractivity contribution in [1.29, 1.82) is 0 Å². The van der Waals surface area contributed by atoms with Crippen molar-refractivity contribution in [3.8, 4) is 12.0 Å². The van der Waals surface area contributed by atoms with Crippen LogP contribution in [0.2, 0.25) is 13.1 Å². The maximum atomic E-state index is 5.87. The van der Waals surface area contributed by atoms with Gasteiger partial charge in [0.1, 0.15) is 0 Å². The molecule has 1 nitrogen and oxygen atoms in total. The van der Waals surface area contributed by atoms with E-state index >= 15 is 0 Å². The zero-order chi connectivity index (χ0) is 11.0. The van der Waals surface area contributed by atoms with E-state index in [-0.39, 0.29) is 6.10 Å². The molecule has 0 radical (unpaired) electrons. The lowest BCUT2D eigenvalue weighted by Crippen LogP contribution is -2.33. The third kappa shape index (κ3) is 6.01. The molecule has 0 aliphatic heterocycles. The molecule has 0 spiro atoms. The number of rotatable bonds is 7. The highest BCUT2D eigenvalue weighted by Crippen LogP contribution is 2.13. The zero-order valence-corrected chi connectivity index (χ0v) is 10.7. The molecule has 1 atom stereocenters. The molecule has 0 aromatic heterocycles. The van der Waals surface area contributed by atoms with Crippen molar-refractivity contribution in [2.24, 2.45) is 0 Å². The van der Waals surface area contributed by atoms with Gasteiger partial charge in [0, 0.05) is 0 Å². The molecule has 0 aromatic rings. The van der Waals surface area contributed by atoms with Crippen LogP contribution >= 0.6 is 0 Å². The Morgan fingerprint density at radius 3 is 2.57 bits per heavy atom. The van der Waals surface area contributed by atoms with Gasteiger partial charge in [0.15, 0.2) is 0 Å². The van der Waals surface area contributed by atoms with E-state index in [0.717, 1.165) is 6.42 Å². The largest absolute Gasteiger partial charge is 0.399 e. The first-order valence-electron chi connectivity index (χ1n) is 5.34. The maximum Gasteiger partial charge on any atom is 0.266 e. The van der Waals surface area contributed by atoms with Crippen molar-refractivity contribution < 1.29 is 4.43 Å². The lowest BCUT2D eigenvalue weighted by molar-refractivity contribution is 0.231. The van der Waals surface area contributed by atoms with Crippen LogP contribution in [-0.2, 0) is 4.43 Å². The lowest BCUT2D eigenvalue weighted by Gasteiger charge is -2.22. The van der Waals surface area contributed by atoms with E-state index in [4.69, 9.17) is 10.8 Å². The normalized spacial score (nSPS) is 13.3. The minimum Gasteiger partial charge on any atom is -0.399 e. The summed E-state index contributed by atoms with van der Waals surface area (Å²) in [5, 5.41) is 0. The number of hydrogen-bond acceptors (Lipinski definition) is 1. The van der Waals surface area contributed by atoms with Crippen LogP contribution in [0.1, 0.15) is 32.6 Å². The second-order valence-electron chi connectivity index (χ2n) is 4.04. The van der Waals surface area contributed by atoms with Gasteiger partial charge in [0.25, 0.3) is 8.32 Å². The second-order valence-corrected chi connectivity index (χ2v) is 7.59. The van der Waals surface area contributed by atoms with E-state index in [0.29, 0.717) is 0 Å². The number of unbranched alkanes of at least 4 members (excludes halogenated alkanes) is 2. The minimum atomic E-state index is -1.86. The summed E-state index contributed by atoms with van der Waals surface area (Å²) in [5.41, 5.74) is 2.77. The highest BCUT2D eigenvalue weighted by molar-refractivity contribution is 6.79. The molecule has 0 saturated carbocycles. The molecule has 0 heterocycles. The number of hydrogen-bond donors (Lipinski definition) is 0. The zero-order valence-electron chi connectivity index (χ0n) is 9.68. The van der Waals surface area contributed by atoms with Gasteiger partial charge in [0.2, 0.25) is 0 Å². The summed E-state index contributed by atoms with van der Waals surface area (Å²) in [7, 11) is -1.86. The van der Waals surface area contributed by atoms with Crippen molar-refractivity contribution in [3.63, 3.8) is 0 Å². The first-order valence-corrected chi connectivity index (χ1v) is 8.24. The van der Waals surface area contributed by atoms with Crippen LogP contribution in [0.3, 0.4) is 0 Å². The Balaban J connectivity index is 3.92. The molecule has 0 N–H and O–H groups in total. The van der Waals surface area contributed by atoms with E-state index in [2.05, 4.69) is 19.0 Å². The Hall–Kier alpha value is -0.523. The van der Waals surface area contributed by atoms with Crippen LogP contribution in [0.5, 0.6) is 0 Å². The number of terminal acetylenes is 1. The summed E-state index contributed by atoms with van der Waals surface area (Å²) in [6.45, 7) is 10.1. The molecular formula is C12H22OSi. The average Bonchev–Trinajstić information content (AvgIpc) is 2.16. The minimum absolute atomic E-state index is 0.152. The van der Waals surface area contributed by atoms with Crippen molar-refractivity contribution in [2.75, 3.05) is 0 Å². The fraction of sp³-hybridized carbons (Fsp3) is 0.667. The van der Waals surface area contributed by atoms with Gasteiger partial charge in [-0.1, -0.05) is 32.3 Å². The molecule has 14 heavy (non-hydrogen) atoms. The Kier molecular flexibility index (Phi) is 6.60. The molecule has 2 heteroatoms. The van der Waals surface area contributed by atoms with Crippen LogP contribution in [0.15, 0.2) is 12.7 Å². The van der Waals surface area contributed by atoms with Gasteiger partial charge in [-0.25, -0.2) is 0 Å². The molecule has 0 aliphatic carbocycles. The van der Waals surface area contributed by atoms with Crippen LogP contribution in [0.4, 0.5) is 0 Å². The molecule has 80 valence electrons. The van der Waals surface area contributed by atoms with Gasteiger partial charge < -0.3 is 4.43 Å². The Labute approximate surface area is 89.7 Å². The van der Waals surface area contributed by atoms with E-state index in [1.165, 1.54) is 19.3 Å². The van der Waals surface area contributed by atoms with Gasteiger partial charge in [-0.05, 0) is 19.5 Å². The maximum absolute atomic E-state index is 5.87. The molecule has 0 amide bonds. The molecule has 0 aromatic carbocycles. The molecule has 0 fully saturated rings. The van der Waals surface area contributed by atoms with E-state index < -0.39 is 8.32 Å². The van der Waals surface area contributed by atoms with Gasteiger partial charge in [-0.15, -0.1) is 18.5 Å². The van der Waals surface area contributed by atoms with Gasteiger partial charge in [0.05, 0.1) is 6.10 Å². The summed E-state index contributed by atoms with van der Waals surface area (Å²) >= 11 is 0. The first kappa shape index (κ1) is 13.5. The topological polar surface area (TPSA) is 9.23 Å². The SMILES string of the molecule is C#C[Si](C)(C)OC(C=C)CCCCC. The third-order valence-electron chi connectivity index (χ3n) is 2.15. The van der Waals surface area contributed by atoms with Gasteiger partial charge in [-0.2, -0.15) is 0 Å². The van der Waals surface area contributed by atoms with Gasteiger partial charge >= 0.3 is 0 Å².